The van der Waals surface area contributed by atoms with Gasteiger partial charge in [0.15, 0.2) is 0 Å². The van der Waals surface area contributed by atoms with Crippen LogP contribution in [-0.2, 0) is 17.6 Å². The maximum atomic E-state index is 11.9. The second-order valence-corrected chi connectivity index (χ2v) is 4.67. The molecule has 0 aliphatic carbocycles. The molecule has 0 spiro atoms. The number of benzene rings is 1. The first-order chi connectivity index (χ1) is 9.13. The van der Waals surface area contributed by atoms with Crippen LogP contribution in [0.15, 0.2) is 47.1 Å². The van der Waals surface area contributed by atoms with E-state index in [9.17, 15) is 4.79 Å². The Balaban J connectivity index is 1.82. The number of nitrogens with one attached hydrogen (secondary N) is 1. The highest BCUT2D eigenvalue weighted by Crippen LogP contribution is 2.07. The fraction of sp³-hybridized carbons (Fsp3) is 0.267. The topological polar surface area (TPSA) is 68.3 Å². The predicted molar refractivity (Wildman–Crippen MR) is 74.6 cm³/mol. The minimum Gasteiger partial charge on any atom is -0.469 e. The lowest BCUT2D eigenvalue weighted by molar-refractivity contribution is -0.121. The number of rotatable bonds is 5. The van der Waals surface area contributed by atoms with E-state index in [2.05, 4.69) is 5.32 Å². The lowest BCUT2D eigenvalue weighted by Gasteiger charge is -2.12. The van der Waals surface area contributed by atoms with Crippen LogP contribution in [0, 0.1) is 0 Å². The molecule has 100 valence electrons. The molecule has 0 radical (unpaired) electrons. The molecule has 3 N–H and O–H groups in total. The smallest absolute Gasteiger partial charge is 0.224 e. The maximum absolute atomic E-state index is 11.9. The van der Waals surface area contributed by atoms with E-state index >= 15 is 0 Å². The molecule has 2 aromatic rings. The number of nitrogens with two attached hydrogens (primary N) is 1. The molecule has 0 aliphatic heterocycles. The van der Waals surface area contributed by atoms with Crippen molar-refractivity contribution in [3.05, 3.63) is 54.0 Å². The van der Waals surface area contributed by atoms with Crippen LogP contribution in [0.3, 0.4) is 0 Å². The molecule has 1 atom stereocenters. The maximum Gasteiger partial charge on any atom is 0.224 e. The molecule has 1 aromatic carbocycles. The summed E-state index contributed by atoms with van der Waals surface area (Å²) in [5.74, 6) is 0.879. The zero-order chi connectivity index (χ0) is 13.7. The van der Waals surface area contributed by atoms with Gasteiger partial charge in [-0.15, -0.1) is 0 Å². The third kappa shape index (κ3) is 4.17. The van der Waals surface area contributed by atoms with Gasteiger partial charge in [-0.3, -0.25) is 4.79 Å². The molecule has 1 aromatic heterocycles. The summed E-state index contributed by atoms with van der Waals surface area (Å²) in [6.07, 6.45) is 2.70. The van der Waals surface area contributed by atoms with Gasteiger partial charge in [-0.25, -0.2) is 0 Å². The Hall–Kier alpha value is -2.23. The Morgan fingerprint density at radius 1 is 1.32 bits per heavy atom. The minimum atomic E-state index is 0.00354. The number of nitrogen functional groups attached to an aromatic ring is 1. The Kier molecular flexibility index (Phi) is 4.23. The first-order valence-electron chi connectivity index (χ1n) is 6.29. The minimum absolute atomic E-state index is 0.00354. The first kappa shape index (κ1) is 13.2. The van der Waals surface area contributed by atoms with Gasteiger partial charge in [-0.05, 0) is 36.8 Å². The molecule has 0 fully saturated rings. The fourth-order valence-electron chi connectivity index (χ4n) is 1.93. The van der Waals surface area contributed by atoms with Crippen molar-refractivity contribution in [3.8, 4) is 0 Å². The van der Waals surface area contributed by atoms with E-state index in [0.29, 0.717) is 18.5 Å². The molecular formula is C15H18N2O2. The largest absolute Gasteiger partial charge is 0.469 e. The van der Waals surface area contributed by atoms with E-state index in [1.54, 1.807) is 18.4 Å². The fourth-order valence-corrected chi connectivity index (χ4v) is 1.93. The summed E-state index contributed by atoms with van der Waals surface area (Å²) in [6, 6.07) is 11.1. The molecule has 4 nitrogen and oxygen atoms in total. The molecule has 19 heavy (non-hydrogen) atoms. The van der Waals surface area contributed by atoms with Gasteiger partial charge in [0.1, 0.15) is 5.76 Å². The standard InChI is InChI=1S/C15H18N2O2/c1-11(9-14-3-2-8-19-14)17-15(18)10-12-4-6-13(16)7-5-12/h2-8,11H,9-10,16H2,1H3,(H,17,18)/t11-/m0/s1. The Bertz CT molecular complexity index is 518. The van der Waals surface area contributed by atoms with E-state index in [1.165, 1.54) is 0 Å². The number of carbonyl (C=O) groups is 1. The molecule has 2 rings (SSSR count). The summed E-state index contributed by atoms with van der Waals surface area (Å²) in [6.45, 7) is 1.96. The van der Waals surface area contributed by atoms with Gasteiger partial charge in [-0.2, -0.15) is 0 Å². The Morgan fingerprint density at radius 3 is 2.68 bits per heavy atom. The predicted octanol–water partition coefficient (Wildman–Crippen LogP) is 2.15. The molecule has 0 bridgehead atoms. The van der Waals surface area contributed by atoms with Crippen molar-refractivity contribution in [1.82, 2.24) is 5.32 Å². The zero-order valence-electron chi connectivity index (χ0n) is 10.9. The molecule has 1 heterocycles. The average Bonchev–Trinajstić information content (AvgIpc) is 2.84. The summed E-state index contributed by atoms with van der Waals surface area (Å²) < 4.78 is 5.25. The van der Waals surface area contributed by atoms with Gasteiger partial charge in [0.05, 0.1) is 12.7 Å². The summed E-state index contributed by atoms with van der Waals surface area (Å²) in [4.78, 5) is 11.9. The Morgan fingerprint density at radius 2 is 2.05 bits per heavy atom. The molecule has 0 saturated heterocycles. The number of furan rings is 1. The molecule has 1 amide bonds. The van der Waals surface area contributed by atoms with Gasteiger partial charge >= 0.3 is 0 Å². The van der Waals surface area contributed by atoms with Crippen molar-refractivity contribution in [3.63, 3.8) is 0 Å². The van der Waals surface area contributed by atoms with Crippen molar-refractivity contribution in [1.29, 1.82) is 0 Å². The highest BCUT2D eigenvalue weighted by molar-refractivity contribution is 5.78. The third-order valence-corrected chi connectivity index (χ3v) is 2.84. The van der Waals surface area contributed by atoms with E-state index in [-0.39, 0.29) is 11.9 Å². The van der Waals surface area contributed by atoms with Gasteiger partial charge < -0.3 is 15.5 Å². The highest BCUT2D eigenvalue weighted by atomic mass is 16.3. The second kappa shape index (κ2) is 6.09. The van der Waals surface area contributed by atoms with Crippen molar-refractivity contribution < 1.29 is 9.21 Å². The average molecular weight is 258 g/mol. The van der Waals surface area contributed by atoms with Crippen LogP contribution in [0.1, 0.15) is 18.2 Å². The highest BCUT2D eigenvalue weighted by Gasteiger charge is 2.10. The molecule has 0 aliphatic rings. The van der Waals surface area contributed by atoms with Gasteiger partial charge in [0.2, 0.25) is 5.91 Å². The third-order valence-electron chi connectivity index (χ3n) is 2.84. The van der Waals surface area contributed by atoms with E-state index < -0.39 is 0 Å². The summed E-state index contributed by atoms with van der Waals surface area (Å²) in [5, 5.41) is 2.95. The van der Waals surface area contributed by atoms with E-state index in [0.717, 1.165) is 11.3 Å². The molecule has 0 unspecified atom stereocenters. The van der Waals surface area contributed by atoms with Crippen LogP contribution in [0.4, 0.5) is 5.69 Å². The number of anilines is 1. The van der Waals surface area contributed by atoms with Crippen LogP contribution >= 0.6 is 0 Å². The monoisotopic (exact) mass is 258 g/mol. The van der Waals surface area contributed by atoms with Crippen LogP contribution in [0.25, 0.3) is 0 Å². The van der Waals surface area contributed by atoms with Gasteiger partial charge in [0.25, 0.3) is 0 Å². The normalized spacial score (nSPS) is 12.1. The van der Waals surface area contributed by atoms with Gasteiger partial charge in [0, 0.05) is 18.2 Å². The number of carbonyl (C=O) groups excluding carboxylic acids is 1. The van der Waals surface area contributed by atoms with Gasteiger partial charge in [-0.1, -0.05) is 12.1 Å². The molecule has 4 heteroatoms. The quantitative estimate of drug-likeness (QED) is 0.807. The van der Waals surface area contributed by atoms with E-state index in [1.807, 2.05) is 31.2 Å². The lowest BCUT2D eigenvalue weighted by atomic mass is 10.1. The Labute approximate surface area is 112 Å². The summed E-state index contributed by atoms with van der Waals surface area (Å²) >= 11 is 0. The van der Waals surface area contributed by atoms with E-state index in [4.69, 9.17) is 10.2 Å². The number of amides is 1. The zero-order valence-corrected chi connectivity index (χ0v) is 10.9. The van der Waals surface area contributed by atoms with Crippen molar-refractivity contribution in [2.45, 2.75) is 25.8 Å². The SMILES string of the molecule is C[C@@H](Cc1ccco1)NC(=O)Cc1ccc(N)cc1. The summed E-state index contributed by atoms with van der Waals surface area (Å²) in [5.41, 5.74) is 7.26. The van der Waals surface area contributed by atoms with Crippen molar-refractivity contribution in [2.24, 2.45) is 0 Å². The van der Waals surface area contributed by atoms with Crippen LogP contribution in [0.5, 0.6) is 0 Å². The molecule has 0 saturated carbocycles. The van der Waals surface area contributed by atoms with Crippen LogP contribution < -0.4 is 11.1 Å². The van der Waals surface area contributed by atoms with Crippen molar-refractivity contribution >= 4 is 11.6 Å². The second-order valence-electron chi connectivity index (χ2n) is 4.67. The number of hydrogen-bond donors (Lipinski definition) is 2. The first-order valence-corrected chi connectivity index (χ1v) is 6.29. The number of hydrogen-bond acceptors (Lipinski definition) is 3. The van der Waals surface area contributed by atoms with Crippen molar-refractivity contribution in [2.75, 3.05) is 5.73 Å². The van der Waals surface area contributed by atoms with Crippen LogP contribution in [0.2, 0.25) is 0 Å². The lowest BCUT2D eigenvalue weighted by Crippen LogP contribution is -2.35. The molecular weight excluding hydrogens is 240 g/mol. The van der Waals surface area contributed by atoms with Crippen LogP contribution in [-0.4, -0.2) is 11.9 Å². The summed E-state index contributed by atoms with van der Waals surface area (Å²) in [7, 11) is 0.